The SMILES string of the molecule is Cc1nn(C)c(C)c1NC(=O)COC(=O)c1ccc(F)c(F)c1. The zero-order chi connectivity index (χ0) is 17.1. The van der Waals surface area contributed by atoms with Gasteiger partial charge in [0.2, 0.25) is 0 Å². The number of carbonyl (C=O) groups is 2. The Hall–Kier alpha value is -2.77. The van der Waals surface area contributed by atoms with Crippen LogP contribution in [0.4, 0.5) is 14.5 Å². The van der Waals surface area contributed by atoms with Crippen LogP contribution in [0.3, 0.4) is 0 Å². The lowest BCUT2D eigenvalue weighted by Gasteiger charge is -2.07. The molecule has 0 spiro atoms. The molecule has 0 fully saturated rings. The van der Waals surface area contributed by atoms with Gasteiger partial charge in [-0.3, -0.25) is 9.48 Å². The smallest absolute Gasteiger partial charge is 0.338 e. The van der Waals surface area contributed by atoms with Crippen molar-refractivity contribution < 1.29 is 23.1 Å². The molecule has 0 unspecified atom stereocenters. The summed E-state index contributed by atoms with van der Waals surface area (Å²) in [6, 6.07) is 2.60. The number of ether oxygens (including phenoxy) is 1. The highest BCUT2D eigenvalue weighted by Gasteiger charge is 2.15. The van der Waals surface area contributed by atoms with Gasteiger partial charge in [-0.25, -0.2) is 13.6 Å². The number of benzene rings is 1. The van der Waals surface area contributed by atoms with Crippen LogP contribution in [0.25, 0.3) is 0 Å². The fourth-order valence-electron chi connectivity index (χ4n) is 1.97. The van der Waals surface area contributed by atoms with Crippen LogP contribution >= 0.6 is 0 Å². The van der Waals surface area contributed by atoms with E-state index in [0.717, 1.165) is 17.8 Å². The summed E-state index contributed by atoms with van der Waals surface area (Å²) in [6.45, 7) is 2.96. The van der Waals surface area contributed by atoms with E-state index in [1.807, 2.05) is 0 Å². The molecule has 1 aromatic heterocycles. The van der Waals surface area contributed by atoms with Crippen molar-refractivity contribution in [3.05, 3.63) is 46.8 Å². The Kier molecular flexibility index (Phi) is 4.73. The number of aromatic nitrogens is 2. The first-order chi connectivity index (χ1) is 10.8. The first-order valence-corrected chi connectivity index (χ1v) is 6.72. The molecule has 0 saturated carbocycles. The first-order valence-electron chi connectivity index (χ1n) is 6.72. The Bertz CT molecular complexity index is 772. The third-order valence-electron chi connectivity index (χ3n) is 3.26. The van der Waals surface area contributed by atoms with Crippen molar-refractivity contribution in [1.29, 1.82) is 0 Å². The van der Waals surface area contributed by atoms with Crippen molar-refractivity contribution in [2.24, 2.45) is 7.05 Å². The Morgan fingerprint density at radius 1 is 1.26 bits per heavy atom. The van der Waals surface area contributed by atoms with E-state index in [2.05, 4.69) is 10.4 Å². The van der Waals surface area contributed by atoms with Gasteiger partial charge in [-0.15, -0.1) is 0 Å². The predicted molar refractivity (Wildman–Crippen MR) is 78.0 cm³/mol. The molecule has 0 aliphatic rings. The molecule has 2 rings (SSSR count). The number of aryl methyl sites for hydroxylation is 2. The molecule has 1 heterocycles. The van der Waals surface area contributed by atoms with Crippen LogP contribution < -0.4 is 5.32 Å². The third kappa shape index (κ3) is 3.71. The van der Waals surface area contributed by atoms with Gasteiger partial charge in [-0.2, -0.15) is 5.10 Å². The lowest BCUT2D eigenvalue weighted by Crippen LogP contribution is -2.21. The molecule has 2 aromatic rings. The van der Waals surface area contributed by atoms with E-state index in [4.69, 9.17) is 4.74 Å². The summed E-state index contributed by atoms with van der Waals surface area (Å²) in [5.41, 5.74) is 1.75. The van der Waals surface area contributed by atoms with Crippen LogP contribution in [0.15, 0.2) is 18.2 Å². The molecule has 0 aliphatic heterocycles. The molecule has 0 radical (unpaired) electrons. The first kappa shape index (κ1) is 16.6. The van der Waals surface area contributed by atoms with E-state index in [-0.39, 0.29) is 5.56 Å². The zero-order valence-corrected chi connectivity index (χ0v) is 12.8. The molecule has 6 nitrogen and oxygen atoms in total. The number of carbonyl (C=O) groups excluding carboxylic acids is 2. The van der Waals surface area contributed by atoms with E-state index in [9.17, 15) is 18.4 Å². The average Bonchev–Trinajstić information content (AvgIpc) is 2.74. The van der Waals surface area contributed by atoms with Gasteiger partial charge in [-0.05, 0) is 32.0 Å². The average molecular weight is 323 g/mol. The molecule has 0 bridgehead atoms. The van der Waals surface area contributed by atoms with Gasteiger partial charge < -0.3 is 10.1 Å². The quantitative estimate of drug-likeness (QED) is 0.875. The number of anilines is 1. The van der Waals surface area contributed by atoms with Crippen LogP contribution in [-0.4, -0.2) is 28.3 Å². The van der Waals surface area contributed by atoms with Gasteiger partial charge in [0.15, 0.2) is 18.2 Å². The van der Waals surface area contributed by atoms with Crippen molar-refractivity contribution in [1.82, 2.24) is 9.78 Å². The number of hydrogen-bond donors (Lipinski definition) is 1. The van der Waals surface area contributed by atoms with Crippen molar-refractivity contribution in [2.75, 3.05) is 11.9 Å². The maximum atomic E-state index is 13.0. The Labute approximate surface area is 131 Å². The van der Waals surface area contributed by atoms with Crippen LogP contribution in [-0.2, 0) is 16.6 Å². The molecule has 1 aromatic carbocycles. The minimum atomic E-state index is -1.16. The van der Waals surface area contributed by atoms with E-state index >= 15 is 0 Å². The van der Waals surface area contributed by atoms with E-state index < -0.39 is 30.1 Å². The van der Waals surface area contributed by atoms with Gasteiger partial charge in [0.1, 0.15) is 0 Å². The highest BCUT2D eigenvalue weighted by molar-refractivity contribution is 5.96. The summed E-state index contributed by atoms with van der Waals surface area (Å²) in [5.74, 6) is -3.70. The normalized spacial score (nSPS) is 10.5. The Morgan fingerprint density at radius 2 is 1.96 bits per heavy atom. The molecule has 8 heteroatoms. The number of esters is 1. The fraction of sp³-hybridized carbons (Fsp3) is 0.267. The molecule has 1 N–H and O–H groups in total. The third-order valence-corrected chi connectivity index (χ3v) is 3.26. The Balaban J connectivity index is 1.96. The van der Waals surface area contributed by atoms with Crippen molar-refractivity contribution >= 4 is 17.6 Å². The fourth-order valence-corrected chi connectivity index (χ4v) is 1.97. The van der Waals surface area contributed by atoms with Gasteiger partial charge >= 0.3 is 5.97 Å². The second-order valence-electron chi connectivity index (χ2n) is 4.92. The molecule has 0 atom stereocenters. The van der Waals surface area contributed by atoms with E-state index in [0.29, 0.717) is 17.4 Å². The van der Waals surface area contributed by atoms with E-state index in [1.165, 1.54) is 0 Å². The number of halogens is 2. The summed E-state index contributed by atoms with van der Waals surface area (Å²) in [6.07, 6.45) is 0. The largest absolute Gasteiger partial charge is 0.452 e. The second-order valence-corrected chi connectivity index (χ2v) is 4.92. The number of amides is 1. The maximum absolute atomic E-state index is 13.0. The summed E-state index contributed by atoms with van der Waals surface area (Å²) in [4.78, 5) is 23.5. The Morgan fingerprint density at radius 3 is 2.52 bits per heavy atom. The molecule has 1 amide bonds. The van der Waals surface area contributed by atoms with Crippen molar-refractivity contribution in [3.8, 4) is 0 Å². The minimum absolute atomic E-state index is 0.176. The lowest BCUT2D eigenvalue weighted by molar-refractivity contribution is -0.119. The second kappa shape index (κ2) is 6.55. The monoisotopic (exact) mass is 323 g/mol. The molecule has 0 aliphatic carbocycles. The molecular formula is C15H15F2N3O3. The summed E-state index contributed by atoms with van der Waals surface area (Å²) in [5, 5.41) is 6.73. The number of hydrogen-bond acceptors (Lipinski definition) is 4. The predicted octanol–water partition coefficient (Wildman–Crippen LogP) is 2.11. The standard InChI is InChI=1S/C15H15F2N3O3/c1-8-14(9(2)20(3)19-8)18-13(21)7-23-15(22)10-4-5-11(16)12(17)6-10/h4-6H,7H2,1-3H3,(H,18,21). The highest BCUT2D eigenvalue weighted by atomic mass is 19.2. The zero-order valence-electron chi connectivity index (χ0n) is 12.8. The van der Waals surface area contributed by atoms with E-state index in [1.54, 1.807) is 25.6 Å². The van der Waals surface area contributed by atoms with Gasteiger partial charge in [0.25, 0.3) is 5.91 Å². The summed E-state index contributed by atoms with van der Waals surface area (Å²) >= 11 is 0. The van der Waals surface area contributed by atoms with Crippen LogP contribution in [0, 0.1) is 25.5 Å². The van der Waals surface area contributed by atoms with Crippen molar-refractivity contribution in [3.63, 3.8) is 0 Å². The minimum Gasteiger partial charge on any atom is -0.452 e. The molecule has 0 saturated heterocycles. The highest BCUT2D eigenvalue weighted by Crippen LogP contribution is 2.18. The number of nitrogens with one attached hydrogen (secondary N) is 1. The molecular weight excluding hydrogens is 308 g/mol. The summed E-state index contributed by atoms with van der Waals surface area (Å²) in [7, 11) is 1.74. The van der Waals surface area contributed by atoms with Gasteiger partial charge in [0.05, 0.1) is 22.6 Å². The van der Waals surface area contributed by atoms with Crippen LogP contribution in [0.5, 0.6) is 0 Å². The number of rotatable bonds is 4. The topological polar surface area (TPSA) is 73.2 Å². The maximum Gasteiger partial charge on any atom is 0.338 e. The van der Waals surface area contributed by atoms with Gasteiger partial charge in [-0.1, -0.05) is 0 Å². The lowest BCUT2D eigenvalue weighted by atomic mass is 10.2. The molecule has 23 heavy (non-hydrogen) atoms. The van der Waals surface area contributed by atoms with Crippen LogP contribution in [0.2, 0.25) is 0 Å². The van der Waals surface area contributed by atoms with Crippen molar-refractivity contribution in [2.45, 2.75) is 13.8 Å². The molecule has 122 valence electrons. The van der Waals surface area contributed by atoms with Crippen LogP contribution in [0.1, 0.15) is 21.7 Å². The summed E-state index contributed by atoms with van der Waals surface area (Å²) < 4.78 is 32.2. The number of nitrogens with zero attached hydrogens (tertiary/aromatic N) is 2. The van der Waals surface area contributed by atoms with Gasteiger partial charge in [0, 0.05) is 7.05 Å².